The van der Waals surface area contributed by atoms with Crippen LogP contribution in [0.4, 0.5) is 0 Å². The normalized spacial score (nSPS) is 29.6. The lowest BCUT2D eigenvalue weighted by atomic mass is 9.72. The fraction of sp³-hybridized carbons (Fsp3) is 0.483. The minimum absolute atomic E-state index is 0.0607. The van der Waals surface area contributed by atoms with Crippen molar-refractivity contribution < 1.29 is 49.0 Å². The van der Waals surface area contributed by atoms with Gasteiger partial charge in [-0.3, -0.25) is 14.4 Å². The molecule has 0 saturated carbocycles. The van der Waals surface area contributed by atoms with Gasteiger partial charge in [0.2, 0.25) is 5.78 Å². The number of ketones is 3. The lowest BCUT2D eigenvalue weighted by Crippen LogP contribution is -2.54. The van der Waals surface area contributed by atoms with Crippen LogP contribution in [-0.4, -0.2) is 94.0 Å². The number of nitrogens with zero attached hydrogens (tertiary/aromatic N) is 1. The summed E-state index contributed by atoms with van der Waals surface area (Å²) in [5, 5.41) is 43.9. The molecule has 6 atom stereocenters. The average Bonchev–Trinajstić information content (AvgIpc) is 2.88. The number of aliphatic hydroxyl groups is 2. The summed E-state index contributed by atoms with van der Waals surface area (Å²) in [4.78, 5) is 41.7. The third-order valence-electron chi connectivity index (χ3n) is 8.35. The molecule has 5 rings (SSSR count). The zero-order valence-corrected chi connectivity index (χ0v) is 22.9. The third-order valence-corrected chi connectivity index (χ3v) is 8.35. The van der Waals surface area contributed by atoms with E-state index in [1.807, 2.05) is 19.0 Å². The van der Waals surface area contributed by atoms with E-state index < -0.39 is 59.1 Å². The van der Waals surface area contributed by atoms with Gasteiger partial charge in [0.1, 0.15) is 22.8 Å². The number of aromatic hydroxyl groups is 2. The second-order valence-corrected chi connectivity index (χ2v) is 11.0. The summed E-state index contributed by atoms with van der Waals surface area (Å²) in [5.74, 6) is -2.82. The van der Waals surface area contributed by atoms with Crippen LogP contribution in [-0.2, 0) is 20.7 Å². The zero-order chi connectivity index (χ0) is 29.3. The Hall–Kier alpha value is -3.35. The predicted octanol–water partition coefficient (Wildman–Crippen LogP) is 1.63. The number of Topliss-reactive ketones (excluding diaryl/α,β-unsaturated/α-hetero) is 1. The molecule has 4 N–H and O–H groups in total. The standard InChI is InChI=1S/C29H33NO10/c1-12-25(33)16(30(3)4)9-20(39-12)40-19-11-29(37,13(2)31)10-14-8-15-22(27(35)21(14)19)28(36)24-18(38-5)7-6-17(32)23(24)26(15)34/h6-8,12,16,19-20,25,32-33,35,37H,9-11H2,1-5H3. The molecule has 2 aromatic rings. The molecule has 1 heterocycles. The number of methoxy groups -OCH3 is 1. The summed E-state index contributed by atoms with van der Waals surface area (Å²) in [6.45, 7) is 2.95. The zero-order valence-electron chi connectivity index (χ0n) is 22.9. The van der Waals surface area contributed by atoms with Gasteiger partial charge in [0.25, 0.3) is 0 Å². The highest BCUT2D eigenvalue weighted by Gasteiger charge is 2.48. The van der Waals surface area contributed by atoms with Crippen molar-refractivity contribution >= 4 is 17.3 Å². The minimum Gasteiger partial charge on any atom is -0.507 e. The van der Waals surface area contributed by atoms with E-state index >= 15 is 0 Å². The molecular weight excluding hydrogens is 522 g/mol. The van der Waals surface area contributed by atoms with Crippen LogP contribution >= 0.6 is 0 Å². The number of hydrogen-bond acceptors (Lipinski definition) is 11. The smallest absolute Gasteiger partial charge is 0.202 e. The summed E-state index contributed by atoms with van der Waals surface area (Å²) in [6.07, 6.45) is -3.52. The van der Waals surface area contributed by atoms with Crippen molar-refractivity contribution in [3.8, 4) is 17.2 Å². The summed E-state index contributed by atoms with van der Waals surface area (Å²) in [6, 6.07) is 3.66. The van der Waals surface area contributed by atoms with Gasteiger partial charge in [-0.05, 0) is 51.7 Å². The Morgan fingerprint density at radius 2 is 1.82 bits per heavy atom. The molecule has 0 spiro atoms. The monoisotopic (exact) mass is 555 g/mol. The van der Waals surface area contributed by atoms with Crippen LogP contribution < -0.4 is 4.74 Å². The van der Waals surface area contributed by atoms with Gasteiger partial charge in [0.05, 0.1) is 42.1 Å². The van der Waals surface area contributed by atoms with E-state index in [-0.39, 0.29) is 64.4 Å². The molecule has 1 saturated heterocycles. The molecule has 11 nitrogen and oxygen atoms in total. The van der Waals surface area contributed by atoms with Gasteiger partial charge in [-0.1, -0.05) is 0 Å². The van der Waals surface area contributed by atoms with Crippen molar-refractivity contribution in [3.63, 3.8) is 0 Å². The van der Waals surface area contributed by atoms with Gasteiger partial charge in [-0.15, -0.1) is 0 Å². The van der Waals surface area contributed by atoms with Crippen LogP contribution in [0.3, 0.4) is 0 Å². The Balaban J connectivity index is 1.64. The number of ether oxygens (including phenoxy) is 3. The van der Waals surface area contributed by atoms with Gasteiger partial charge in [-0.25, -0.2) is 0 Å². The van der Waals surface area contributed by atoms with Crippen LogP contribution in [0.15, 0.2) is 18.2 Å². The van der Waals surface area contributed by atoms with Gasteiger partial charge in [0.15, 0.2) is 17.9 Å². The van der Waals surface area contributed by atoms with E-state index in [2.05, 4.69) is 0 Å². The molecule has 6 unspecified atom stereocenters. The second kappa shape index (κ2) is 9.93. The van der Waals surface area contributed by atoms with E-state index in [0.717, 1.165) is 0 Å². The number of phenols is 2. The maximum atomic E-state index is 13.7. The van der Waals surface area contributed by atoms with Crippen LogP contribution in [0, 0.1) is 0 Å². The van der Waals surface area contributed by atoms with Crippen LogP contribution in [0.1, 0.15) is 75.8 Å². The summed E-state index contributed by atoms with van der Waals surface area (Å²) in [7, 11) is 4.96. The number of hydrogen-bond donors (Lipinski definition) is 4. The lowest BCUT2D eigenvalue weighted by Gasteiger charge is -2.44. The van der Waals surface area contributed by atoms with Crippen LogP contribution in [0.2, 0.25) is 0 Å². The highest BCUT2D eigenvalue weighted by molar-refractivity contribution is 6.31. The van der Waals surface area contributed by atoms with Crippen molar-refractivity contribution in [1.82, 2.24) is 4.90 Å². The first-order chi connectivity index (χ1) is 18.8. The van der Waals surface area contributed by atoms with Crippen molar-refractivity contribution in [3.05, 3.63) is 51.6 Å². The molecule has 1 aliphatic heterocycles. The van der Waals surface area contributed by atoms with Gasteiger partial charge < -0.3 is 39.5 Å². The molecule has 0 amide bonds. The van der Waals surface area contributed by atoms with Crippen LogP contribution in [0.25, 0.3) is 0 Å². The van der Waals surface area contributed by atoms with Crippen LogP contribution in [0.5, 0.6) is 17.2 Å². The summed E-state index contributed by atoms with van der Waals surface area (Å²) < 4.78 is 17.4. The molecule has 0 aromatic heterocycles. The molecule has 3 aliphatic rings. The van der Waals surface area contributed by atoms with Crippen molar-refractivity contribution in [2.75, 3.05) is 21.2 Å². The second-order valence-electron chi connectivity index (χ2n) is 11.0. The first-order valence-corrected chi connectivity index (χ1v) is 13.1. The predicted molar refractivity (Wildman–Crippen MR) is 140 cm³/mol. The first-order valence-electron chi connectivity index (χ1n) is 13.1. The van der Waals surface area contributed by atoms with Gasteiger partial charge in [-0.2, -0.15) is 0 Å². The summed E-state index contributed by atoms with van der Waals surface area (Å²) in [5.41, 5.74) is -2.31. The maximum Gasteiger partial charge on any atom is 0.202 e. The highest BCUT2D eigenvalue weighted by Crippen LogP contribution is 2.49. The number of phenolic OH excluding ortho intramolecular Hbond substituents is 2. The molecule has 214 valence electrons. The van der Waals surface area contributed by atoms with E-state index in [0.29, 0.717) is 0 Å². The Bertz CT molecular complexity index is 1420. The third kappa shape index (κ3) is 4.29. The number of carbonyl (C=O) groups excluding carboxylic acids is 3. The summed E-state index contributed by atoms with van der Waals surface area (Å²) >= 11 is 0. The molecule has 40 heavy (non-hydrogen) atoms. The molecule has 11 heteroatoms. The minimum atomic E-state index is -1.87. The van der Waals surface area contributed by atoms with Gasteiger partial charge >= 0.3 is 0 Å². The SMILES string of the molecule is COc1ccc(O)c2c1C(=O)c1c(cc3c(c1O)C(OC1CC(N(C)C)C(O)C(C)O1)CC(O)(C(C)=O)C3)C2=O. The highest BCUT2D eigenvalue weighted by atomic mass is 16.7. The Labute approximate surface area is 230 Å². The Morgan fingerprint density at radius 1 is 1.12 bits per heavy atom. The number of likely N-dealkylation sites (N-methyl/N-ethyl adjacent to an activating group) is 1. The number of aliphatic hydroxyl groups excluding tert-OH is 1. The van der Waals surface area contributed by atoms with E-state index in [1.165, 1.54) is 32.2 Å². The van der Waals surface area contributed by atoms with Crippen molar-refractivity contribution in [2.24, 2.45) is 0 Å². The molecule has 2 aliphatic carbocycles. The van der Waals surface area contributed by atoms with Crippen molar-refractivity contribution in [2.45, 2.75) is 69.4 Å². The number of rotatable bonds is 5. The van der Waals surface area contributed by atoms with Crippen molar-refractivity contribution in [1.29, 1.82) is 0 Å². The number of benzene rings is 2. The fourth-order valence-electron chi connectivity index (χ4n) is 6.10. The Kier molecular flexibility index (Phi) is 7.00. The average molecular weight is 556 g/mol. The molecule has 1 fully saturated rings. The van der Waals surface area contributed by atoms with E-state index in [4.69, 9.17) is 14.2 Å². The van der Waals surface area contributed by atoms with E-state index in [9.17, 15) is 34.8 Å². The molecule has 0 radical (unpaired) electrons. The fourth-order valence-corrected chi connectivity index (χ4v) is 6.10. The first kappa shape index (κ1) is 28.2. The number of fused-ring (bicyclic) bond motifs is 3. The molecule has 0 bridgehead atoms. The largest absolute Gasteiger partial charge is 0.507 e. The maximum absolute atomic E-state index is 13.7. The lowest BCUT2D eigenvalue weighted by molar-refractivity contribution is -0.256. The topological polar surface area (TPSA) is 163 Å². The Morgan fingerprint density at radius 3 is 2.45 bits per heavy atom. The number of carbonyl (C=O) groups is 3. The molecular formula is C29H33NO10. The van der Waals surface area contributed by atoms with E-state index in [1.54, 1.807) is 6.92 Å². The quantitative estimate of drug-likeness (QED) is 0.362. The van der Waals surface area contributed by atoms with Gasteiger partial charge in [0, 0.05) is 36.4 Å². The molecule has 2 aromatic carbocycles.